The summed E-state index contributed by atoms with van der Waals surface area (Å²) < 4.78 is 4.98. The molecule has 0 aliphatic carbocycles. The van der Waals surface area contributed by atoms with Crippen LogP contribution in [0.2, 0.25) is 5.15 Å². The van der Waals surface area contributed by atoms with E-state index >= 15 is 0 Å². The Bertz CT molecular complexity index is 268. The molecule has 5 heteroatoms. The SMILES string of the molecule is COc1c(C)nc(CCl)nc1Cl. The van der Waals surface area contributed by atoms with Gasteiger partial charge in [0.2, 0.25) is 0 Å². The minimum atomic E-state index is 0.255. The summed E-state index contributed by atoms with van der Waals surface area (Å²) in [7, 11) is 1.53. The highest BCUT2D eigenvalue weighted by Crippen LogP contribution is 2.24. The van der Waals surface area contributed by atoms with Gasteiger partial charge in [-0.2, -0.15) is 0 Å². The molecule has 0 amide bonds. The molecule has 0 aromatic carbocycles. The summed E-state index contributed by atoms with van der Waals surface area (Å²) in [6.45, 7) is 1.79. The minimum absolute atomic E-state index is 0.255. The van der Waals surface area contributed by atoms with Crippen molar-refractivity contribution in [2.24, 2.45) is 0 Å². The maximum absolute atomic E-state index is 5.78. The molecule has 0 atom stereocenters. The molecule has 0 aliphatic heterocycles. The number of methoxy groups -OCH3 is 1. The standard InChI is InChI=1S/C7H8Cl2N2O/c1-4-6(12-2)7(9)11-5(3-8)10-4/h3H2,1-2H3. The second kappa shape index (κ2) is 3.92. The molecule has 0 bridgehead atoms. The second-order valence-electron chi connectivity index (χ2n) is 2.18. The zero-order valence-corrected chi connectivity index (χ0v) is 8.28. The maximum Gasteiger partial charge on any atom is 0.177 e. The first kappa shape index (κ1) is 9.55. The van der Waals surface area contributed by atoms with Gasteiger partial charge in [0.1, 0.15) is 5.82 Å². The van der Waals surface area contributed by atoms with Crippen LogP contribution >= 0.6 is 23.2 Å². The number of aryl methyl sites for hydroxylation is 1. The van der Waals surface area contributed by atoms with Crippen molar-refractivity contribution in [3.8, 4) is 5.75 Å². The smallest absolute Gasteiger partial charge is 0.177 e. The Morgan fingerprint density at radius 3 is 2.50 bits per heavy atom. The molecule has 0 radical (unpaired) electrons. The van der Waals surface area contributed by atoms with Crippen LogP contribution in [0.25, 0.3) is 0 Å². The fourth-order valence-corrected chi connectivity index (χ4v) is 1.31. The van der Waals surface area contributed by atoms with Gasteiger partial charge in [-0.25, -0.2) is 9.97 Å². The largest absolute Gasteiger partial charge is 0.492 e. The van der Waals surface area contributed by atoms with Gasteiger partial charge in [-0.1, -0.05) is 11.6 Å². The van der Waals surface area contributed by atoms with Gasteiger partial charge < -0.3 is 4.74 Å². The maximum atomic E-state index is 5.78. The van der Waals surface area contributed by atoms with Gasteiger partial charge in [-0.15, -0.1) is 11.6 Å². The van der Waals surface area contributed by atoms with E-state index in [0.717, 1.165) is 0 Å². The lowest BCUT2D eigenvalue weighted by Gasteiger charge is -2.05. The van der Waals surface area contributed by atoms with Crippen LogP contribution in [0.5, 0.6) is 5.75 Å². The average Bonchev–Trinajstić information content (AvgIpc) is 2.03. The molecule has 12 heavy (non-hydrogen) atoms. The Morgan fingerprint density at radius 2 is 2.08 bits per heavy atom. The predicted molar refractivity (Wildman–Crippen MR) is 47.9 cm³/mol. The van der Waals surface area contributed by atoms with Crippen LogP contribution in [0, 0.1) is 6.92 Å². The van der Waals surface area contributed by atoms with Crippen LogP contribution in [0.4, 0.5) is 0 Å². The van der Waals surface area contributed by atoms with Crippen molar-refractivity contribution in [1.82, 2.24) is 9.97 Å². The van der Waals surface area contributed by atoms with Crippen LogP contribution in [-0.4, -0.2) is 17.1 Å². The third-order valence-corrected chi connectivity index (χ3v) is 1.86. The summed E-state index contributed by atoms with van der Waals surface area (Å²) in [6.07, 6.45) is 0. The molecule has 0 fully saturated rings. The van der Waals surface area contributed by atoms with E-state index in [1.165, 1.54) is 7.11 Å². The molecule has 66 valence electrons. The monoisotopic (exact) mass is 206 g/mol. The predicted octanol–water partition coefficient (Wildman–Crippen LogP) is 2.19. The summed E-state index contributed by atoms with van der Waals surface area (Å²) in [5.41, 5.74) is 0.702. The highest BCUT2D eigenvalue weighted by molar-refractivity contribution is 6.31. The molecule has 1 rings (SSSR count). The summed E-state index contributed by atoms with van der Waals surface area (Å²) in [5.74, 6) is 1.27. The van der Waals surface area contributed by atoms with Crippen molar-refractivity contribution in [3.05, 3.63) is 16.7 Å². The fourth-order valence-electron chi connectivity index (χ4n) is 0.874. The topological polar surface area (TPSA) is 35.0 Å². The van der Waals surface area contributed by atoms with E-state index < -0.39 is 0 Å². The molecule has 0 saturated carbocycles. The molecule has 1 heterocycles. The van der Waals surface area contributed by atoms with Gasteiger partial charge in [0.05, 0.1) is 18.7 Å². The number of aromatic nitrogens is 2. The summed E-state index contributed by atoms with van der Waals surface area (Å²) >= 11 is 11.3. The van der Waals surface area contributed by atoms with E-state index in [9.17, 15) is 0 Å². The van der Waals surface area contributed by atoms with E-state index in [1.54, 1.807) is 6.92 Å². The fraction of sp³-hybridized carbons (Fsp3) is 0.429. The van der Waals surface area contributed by atoms with Crippen LogP contribution in [0.3, 0.4) is 0 Å². The first-order valence-corrected chi connectivity index (χ1v) is 4.23. The molecule has 0 aliphatic rings. The quantitative estimate of drug-likeness (QED) is 0.550. The molecule has 0 saturated heterocycles. The highest BCUT2D eigenvalue weighted by Gasteiger charge is 2.08. The van der Waals surface area contributed by atoms with E-state index in [0.29, 0.717) is 22.4 Å². The number of halogens is 2. The first-order chi connectivity index (χ1) is 5.69. The Kier molecular flexibility index (Phi) is 3.12. The van der Waals surface area contributed by atoms with E-state index in [4.69, 9.17) is 27.9 Å². The van der Waals surface area contributed by atoms with Gasteiger partial charge in [0.15, 0.2) is 10.9 Å². The van der Waals surface area contributed by atoms with E-state index in [-0.39, 0.29) is 5.88 Å². The molecule has 3 nitrogen and oxygen atoms in total. The third kappa shape index (κ3) is 1.79. The number of rotatable bonds is 2. The van der Waals surface area contributed by atoms with Gasteiger partial charge in [-0.3, -0.25) is 0 Å². The van der Waals surface area contributed by atoms with Crippen LogP contribution in [0.1, 0.15) is 11.5 Å². The summed E-state index contributed by atoms with van der Waals surface area (Å²) in [6, 6.07) is 0. The lowest BCUT2D eigenvalue weighted by molar-refractivity contribution is 0.406. The molecule has 1 aromatic heterocycles. The Morgan fingerprint density at radius 1 is 1.42 bits per heavy atom. The van der Waals surface area contributed by atoms with Crippen molar-refractivity contribution in [3.63, 3.8) is 0 Å². The Balaban J connectivity index is 3.18. The lowest BCUT2D eigenvalue weighted by Crippen LogP contribution is -1.99. The number of ether oxygens (including phenoxy) is 1. The first-order valence-electron chi connectivity index (χ1n) is 3.32. The van der Waals surface area contributed by atoms with Gasteiger partial charge in [0.25, 0.3) is 0 Å². The van der Waals surface area contributed by atoms with Crippen molar-refractivity contribution < 1.29 is 4.74 Å². The van der Waals surface area contributed by atoms with Crippen LogP contribution < -0.4 is 4.74 Å². The third-order valence-electron chi connectivity index (χ3n) is 1.36. The highest BCUT2D eigenvalue weighted by atomic mass is 35.5. The van der Waals surface area contributed by atoms with Gasteiger partial charge >= 0.3 is 0 Å². The molecule has 0 spiro atoms. The molecular formula is C7H8Cl2N2O. The number of alkyl halides is 1. The average molecular weight is 207 g/mol. The minimum Gasteiger partial charge on any atom is -0.492 e. The van der Waals surface area contributed by atoms with Crippen LogP contribution in [0.15, 0.2) is 0 Å². The van der Waals surface area contributed by atoms with Gasteiger partial charge in [-0.05, 0) is 6.92 Å². The molecule has 0 unspecified atom stereocenters. The normalized spacial score (nSPS) is 10.0. The molecule has 1 aromatic rings. The van der Waals surface area contributed by atoms with Crippen molar-refractivity contribution in [2.75, 3.05) is 7.11 Å². The lowest BCUT2D eigenvalue weighted by atomic mass is 10.4. The molecular weight excluding hydrogens is 199 g/mol. The second-order valence-corrected chi connectivity index (χ2v) is 2.81. The summed E-state index contributed by atoms with van der Waals surface area (Å²) in [5, 5.41) is 0.306. The van der Waals surface area contributed by atoms with E-state index in [2.05, 4.69) is 9.97 Å². The van der Waals surface area contributed by atoms with Crippen LogP contribution in [-0.2, 0) is 5.88 Å². The van der Waals surface area contributed by atoms with Crippen molar-refractivity contribution in [2.45, 2.75) is 12.8 Å². The number of nitrogens with zero attached hydrogens (tertiary/aromatic N) is 2. The zero-order valence-electron chi connectivity index (χ0n) is 6.77. The Hall–Kier alpha value is -0.540. The van der Waals surface area contributed by atoms with Gasteiger partial charge in [0, 0.05) is 0 Å². The van der Waals surface area contributed by atoms with E-state index in [1.807, 2.05) is 0 Å². The van der Waals surface area contributed by atoms with Crippen molar-refractivity contribution in [1.29, 1.82) is 0 Å². The Labute approximate surface area is 80.7 Å². The molecule has 0 N–H and O–H groups in total. The number of hydrogen-bond acceptors (Lipinski definition) is 3. The van der Waals surface area contributed by atoms with Crippen molar-refractivity contribution >= 4 is 23.2 Å². The zero-order chi connectivity index (χ0) is 9.14. The summed E-state index contributed by atoms with van der Waals surface area (Å²) in [4.78, 5) is 7.99. The number of hydrogen-bond donors (Lipinski definition) is 0.